The molecule has 0 amide bonds. The maximum absolute atomic E-state index is 13.5. The first-order valence-corrected chi connectivity index (χ1v) is 5.92. The van der Waals surface area contributed by atoms with Crippen molar-refractivity contribution >= 4 is 11.6 Å². The first kappa shape index (κ1) is 13.9. The molecule has 0 fully saturated rings. The van der Waals surface area contributed by atoms with Crippen molar-refractivity contribution < 1.29 is 18.3 Å². The van der Waals surface area contributed by atoms with Crippen LogP contribution in [0.5, 0.6) is 0 Å². The van der Waals surface area contributed by atoms with Gasteiger partial charge in [0, 0.05) is 17.0 Å². The SMILES string of the molecule is OC(Cc1ccc(F)c(F)c1)c1cc(Cl)ccc1F. The van der Waals surface area contributed by atoms with Crippen molar-refractivity contribution in [3.8, 4) is 0 Å². The Morgan fingerprint density at radius 1 is 0.947 bits per heavy atom. The fourth-order valence-corrected chi connectivity index (χ4v) is 1.95. The van der Waals surface area contributed by atoms with Crippen LogP contribution in [0.4, 0.5) is 13.2 Å². The summed E-state index contributed by atoms with van der Waals surface area (Å²) in [4.78, 5) is 0. The Morgan fingerprint density at radius 3 is 2.32 bits per heavy atom. The second-order valence-electron chi connectivity index (χ2n) is 4.13. The maximum atomic E-state index is 13.5. The third kappa shape index (κ3) is 3.28. The first-order chi connectivity index (χ1) is 8.97. The van der Waals surface area contributed by atoms with E-state index in [0.29, 0.717) is 10.6 Å². The second-order valence-corrected chi connectivity index (χ2v) is 4.57. The average Bonchev–Trinajstić information content (AvgIpc) is 2.36. The van der Waals surface area contributed by atoms with Crippen LogP contribution in [0.1, 0.15) is 17.2 Å². The van der Waals surface area contributed by atoms with Crippen molar-refractivity contribution in [1.29, 1.82) is 0 Å². The minimum Gasteiger partial charge on any atom is -0.388 e. The van der Waals surface area contributed by atoms with Crippen LogP contribution in [0.2, 0.25) is 5.02 Å². The molecule has 0 bridgehead atoms. The molecule has 0 aromatic heterocycles. The third-order valence-electron chi connectivity index (χ3n) is 2.73. The zero-order valence-corrected chi connectivity index (χ0v) is 10.5. The van der Waals surface area contributed by atoms with Crippen LogP contribution in [-0.4, -0.2) is 5.11 Å². The minimum absolute atomic E-state index is 0.0252. The zero-order valence-electron chi connectivity index (χ0n) is 9.71. The van der Waals surface area contributed by atoms with Crippen molar-refractivity contribution in [3.63, 3.8) is 0 Å². The van der Waals surface area contributed by atoms with Crippen LogP contribution >= 0.6 is 11.6 Å². The molecule has 0 aliphatic carbocycles. The van der Waals surface area contributed by atoms with Crippen LogP contribution in [-0.2, 0) is 6.42 Å². The summed E-state index contributed by atoms with van der Waals surface area (Å²) in [6.07, 6.45) is -1.21. The summed E-state index contributed by atoms with van der Waals surface area (Å²) in [6.45, 7) is 0. The lowest BCUT2D eigenvalue weighted by molar-refractivity contribution is 0.173. The van der Waals surface area contributed by atoms with E-state index in [-0.39, 0.29) is 12.0 Å². The van der Waals surface area contributed by atoms with Gasteiger partial charge in [0.05, 0.1) is 6.10 Å². The van der Waals surface area contributed by atoms with Crippen LogP contribution in [0.25, 0.3) is 0 Å². The van der Waals surface area contributed by atoms with Crippen molar-refractivity contribution in [3.05, 3.63) is 70.0 Å². The summed E-state index contributed by atoms with van der Waals surface area (Å²) in [6, 6.07) is 7.09. The van der Waals surface area contributed by atoms with E-state index in [9.17, 15) is 18.3 Å². The Balaban J connectivity index is 2.22. The molecule has 1 atom stereocenters. The highest BCUT2D eigenvalue weighted by atomic mass is 35.5. The lowest BCUT2D eigenvalue weighted by Gasteiger charge is -2.12. The molecule has 2 aromatic rings. The molecule has 0 aliphatic rings. The lowest BCUT2D eigenvalue weighted by atomic mass is 10.0. The molecule has 2 aromatic carbocycles. The van der Waals surface area contributed by atoms with Gasteiger partial charge < -0.3 is 5.11 Å². The van der Waals surface area contributed by atoms with E-state index in [1.165, 1.54) is 18.2 Å². The normalized spacial score (nSPS) is 12.5. The molecule has 100 valence electrons. The van der Waals surface area contributed by atoms with Gasteiger partial charge in [0.2, 0.25) is 0 Å². The monoisotopic (exact) mass is 286 g/mol. The van der Waals surface area contributed by atoms with Crippen LogP contribution < -0.4 is 0 Å². The van der Waals surface area contributed by atoms with E-state index in [0.717, 1.165) is 18.2 Å². The molecule has 2 rings (SSSR count). The average molecular weight is 287 g/mol. The number of hydrogen-bond donors (Lipinski definition) is 1. The van der Waals surface area contributed by atoms with E-state index in [4.69, 9.17) is 11.6 Å². The van der Waals surface area contributed by atoms with Crippen molar-refractivity contribution in [1.82, 2.24) is 0 Å². The van der Waals surface area contributed by atoms with E-state index >= 15 is 0 Å². The molecular weight excluding hydrogens is 277 g/mol. The van der Waals surface area contributed by atoms with Gasteiger partial charge >= 0.3 is 0 Å². The summed E-state index contributed by atoms with van der Waals surface area (Å²) in [5, 5.41) is 10.2. The van der Waals surface area contributed by atoms with Crippen LogP contribution in [0, 0.1) is 17.5 Å². The van der Waals surface area contributed by atoms with E-state index < -0.39 is 23.6 Å². The largest absolute Gasteiger partial charge is 0.388 e. The van der Waals surface area contributed by atoms with Crippen molar-refractivity contribution in [2.75, 3.05) is 0 Å². The molecule has 5 heteroatoms. The van der Waals surface area contributed by atoms with Crippen LogP contribution in [0.3, 0.4) is 0 Å². The Bertz CT molecular complexity index is 601. The highest BCUT2D eigenvalue weighted by Crippen LogP contribution is 2.24. The molecule has 1 nitrogen and oxygen atoms in total. The molecule has 0 radical (unpaired) electrons. The smallest absolute Gasteiger partial charge is 0.159 e. The Hall–Kier alpha value is -1.52. The molecule has 0 saturated heterocycles. The fourth-order valence-electron chi connectivity index (χ4n) is 1.77. The summed E-state index contributed by atoms with van der Waals surface area (Å²) >= 11 is 5.72. The van der Waals surface area contributed by atoms with Gasteiger partial charge in [-0.15, -0.1) is 0 Å². The zero-order chi connectivity index (χ0) is 14.0. The summed E-state index contributed by atoms with van der Waals surface area (Å²) in [5.41, 5.74) is 0.392. The maximum Gasteiger partial charge on any atom is 0.159 e. The fraction of sp³-hybridized carbons (Fsp3) is 0.143. The van der Waals surface area contributed by atoms with Crippen molar-refractivity contribution in [2.24, 2.45) is 0 Å². The number of rotatable bonds is 3. The molecule has 1 unspecified atom stereocenters. The third-order valence-corrected chi connectivity index (χ3v) is 2.97. The molecular formula is C14H10ClF3O. The number of hydrogen-bond acceptors (Lipinski definition) is 1. The second kappa shape index (κ2) is 5.63. The highest BCUT2D eigenvalue weighted by Gasteiger charge is 2.15. The molecule has 0 heterocycles. The quantitative estimate of drug-likeness (QED) is 0.903. The van der Waals surface area contributed by atoms with E-state index in [1.54, 1.807) is 0 Å². The van der Waals surface area contributed by atoms with E-state index in [1.807, 2.05) is 0 Å². The van der Waals surface area contributed by atoms with Gasteiger partial charge in [-0.05, 0) is 35.9 Å². The van der Waals surface area contributed by atoms with Gasteiger partial charge in [-0.3, -0.25) is 0 Å². The number of benzene rings is 2. The van der Waals surface area contributed by atoms with Gasteiger partial charge in [-0.25, -0.2) is 13.2 Å². The standard InChI is InChI=1S/C14H10ClF3O/c15-9-2-4-11(16)10(7-9)14(19)6-8-1-3-12(17)13(18)5-8/h1-5,7,14,19H,6H2. The van der Waals surface area contributed by atoms with Gasteiger partial charge in [-0.1, -0.05) is 17.7 Å². The number of aliphatic hydroxyl groups is 1. The number of halogens is 4. The highest BCUT2D eigenvalue weighted by molar-refractivity contribution is 6.30. The summed E-state index contributed by atoms with van der Waals surface area (Å²) in [7, 11) is 0. The molecule has 19 heavy (non-hydrogen) atoms. The molecule has 1 N–H and O–H groups in total. The summed E-state index contributed by atoms with van der Waals surface area (Å²) in [5.74, 6) is -2.57. The molecule has 0 spiro atoms. The van der Waals surface area contributed by atoms with Gasteiger partial charge in [0.1, 0.15) is 5.82 Å². The van der Waals surface area contributed by atoms with Gasteiger partial charge in [-0.2, -0.15) is 0 Å². The predicted octanol–water partition coefficient (Wildman–Crippen LogP) is 4.03. The lowest BCUT2D eigenvalue weighted by Crippen LogP contribution is -2.05. The first-order valence-electron chi connectivity index (χ1n) is 5.54. The minimum atomic E-state index is -1.18. The predicted molar refractivity (Wildman–Crippen MR) is 66.4 cm³/mol. The van der Waals surface area contributed by atoms with Gasteiger partial charge in [0.25, 0.3) is 0 Å². The van der Waals surface area contributed by atoms with Crippen molar-refractivity contribution in [2.45, 2.75) is 12.5 Å². The Morgan fingerprint density at radius 2 is 1.63 bits per heavy atom. The van der Waals surface area contributed by atoms with Crippen LogP contribution in [0.15, 0.2) is 36.4 Å². The Kier molecular flexibility index (Phi) is 4.12. The van der Waals surface area contributed by atoms with Gasteiger partial charge in [0.15, 0.2) is 11.6 Å². The molecule has 0 aliphatic heterocycles. The topological polar surface area (TPSA) is 20.2 Å². The summed E-state index contributed by atoms with van der Waals surface area (Å²) < 4.78 is 39.3. The van der Waals surface area contributed by atoms with E-state index in [2.05, 4.69) is 0 Å². The Labute approximate surface area is 113 Å². The molecule has 0 saturated carbocycles. The number of aliphatic hydroxyl groups excluding tert-OH is 1.